The molecule has 2 rings (SSSR count). The Kier molecular flexibility index (Phi) is 5.53. The molecule has 0 aliphatic heterocycles. The molecule has 0 radical (unpaired) electrons. The third kappa shape index (κ3) is 3.93. The van der Waals surface area contributed by atoms with Crippen molar-refractivity contribution < 1.29 is 0 Å². The van der Waals surface area contributed by atoms with Crippen LogP contribution in [0.1, 0.15) is 50.4 Å². The predicted molar refractivity (Wildman–Crippen MR) is 86.9 cm³/mol. The summed E-state index contributed by atoms with van der Waals surface area (Å²) in [5.74, 6) is 6.21. The van der Waals surface area contributed by atoms with Crippen LogP contribution >= 0.6 is 0 Å². The summed E-state index contributed by atoms with van der Waals surface area (Å²) in [5, 5.41) is 4.63. The average molecular weight is 286 g/mol. The number of rotatable bonds is 7. The highest BCUT2D eigenvalue weighted by molar-refractivity contribution is 5.22. The molecule has 0 spiro atoms. The lowest BCUT2D eigenvalue weighted by molar-refractivity contribution is 0.420. The Bertz CT molecular complexity index is 533. The maximum absolute atomic E-state index is 5.82. The van der Waals surface area contributed by atoms with Gasteiger partial charge in [0.05, 0.1) is 5.69 Å². The lowest BCUT2D eigenvalue weighted by atomic mass is 9.87. The summed E-state index contributed by atoms with van der Waals surface area (Å²) < 4.78 is 1.99. The molecule has 0 fully saturated rings. The molecule has 1 aromatic carbocycles. The minimum absolute atomic E-state index is 0.188. The molecule has 0 saturated heterocycles. The van der Waals surface area contributed by atoms with Crippen molar-refractivity contribution in [3.05, 3.63) is 53.9 Å². The van der Waals surface area contributed by atoms with Crippen molar-refractivity contribution in [2.45, 2.75) is 51.6 Å². The maximum atomic E-state index is 5.82. The van der Waals surface area contributed by atoms with E-state index in [-0.39, 0.29) is 6.04 Å². The number of aromatic nitrogens is 2. The van der Waals surface area contributed by atoms with Crippen LogP contribution in [0.25, 0.3) is 0 Å². The van der Waals surface area contributed by atoms with Crippen molar-refractivity contribution in [1.29, 1.82) is 0 Å². The second-order valence-corrected chi connectivity index (χ2v) is 5.78. The molecule has 1 heterocycles. The summed E-state index contributed by atoms with van der Waals surface area (Å²) in [5.41, 5.74) is 5.40. The van der Waals surface area contributed by atoms with E-state index >= 15 is 0 Å². The van der Waals surface area contributed by atoms with Crippen molar-refractivity contribution in [3.8, 4) is 0 Å². The molecule has 0 saturated carbocycles. The van der Waals surface area contributed by atoms with Crippen LogP contribution in [0.2, 0.25) is 0 Å². The smallest absolute Gasteiger partial charge is 0.0641 e. The summed E-state index contributed by atoms with van der Waals surface area (Å²) >= 11 is 0. The fraction of sp³-hybridized carbons (Fsp3) is 0.471. The third-order valence-corrected chi connectivity index (χ3v) is 3.99. The summed E-state index contributed by atoms with van der Waals surface area (Å²) in [6.07, 6.45) is 3.92. The number of hydrogen-bond acceptors (Lipinski definition) is 3. The van der Waals surface area contributed by atoms with Crippen LogP contribution in [0.3, 0.4) is 0 Å². The zero-order valence-corrected chi connectivity index (χ0v) is 13.2. The van der Waals surface area contributed by atoms with Gasteiger partial charge in [0.2, 0.25) is 0 Å². The Morgan fingerprint density at radius 2 is 1.90 bits per heavy atom. The Morgan fingerprint density at radius 3 is 2.43 bits per heavy atom. The second kappa shape index (κ2) is 7.38. The van der Waals surface area contributed by atoms with Gasteiger partial charge in [-0.1, -0.05) is 37.3 Å². The number of hydrogen-bond donors (Lipinski definition) is 2. The monoisotopic (exact) mass is 286 g/mol. The molecular weight excluding hydrogens is 260 g/mol. The zero-order valence-electron chi connectivity index (χ0n) is 13.2. The van der Waals surface area contributed by atoms with Crippen molar-refractivity contribution in [1.82, 2.24) is 15.2 Å². The number of nitrogens with one attached hydrogen (secondary N) is 1. The molecule has 21 heavy (non-hydrogen) atoms. The first-order valence-electron chi connectivity index (χ1n) is 7.70. The van der Waals surface area contributed by atoms with Gasteiger partial charge in [-0.05, 0) is 31.9 Å². The van der Waals surface area contributed by atoms with Gasteiger partial charge in [-0.2, -0.15) is 5.10 Å². The van der Waals surface area contributed by atoms with Crippen LogP contribution in [0.4, 0.5) is 0 Å². The molecule has 1 aromatic heterocycles. The quantitative estimate of drug-likeness (QED) is 0.607. The van der Waals surface area contributed by atoms with Gasteiger partial charge in [0, 0.05) is 30.6 Å². The van der Waals surface area contributed by atoms with Crippen LogP contribution in [0.15, 0.2) is 42.6 Å². The highest BCUT2D eigenvalue weighted by Gasteiger charge is 2.21. The van der Waals surface area contributed by atoms with Crippen molar-refractivity contribution in [2.24, 2.45) is 5.84 Å². The molecule has 4 heteroatoms. The minimum Gasteiger partial charge on any atom is -0.271 e. The topological polar surface area (TPSA) is 55.9 Å². The van der Waals surface area contributed by atoms with E-state index in [0.29, 0.717) is 12.0 Å². The highest BCUT2D eigenvalue weighted by atomic mass is 15.3. The summed E-state index contributed by atoms with van der Waals surface area (Å²) in [7, 11) is 0. The van der Waals surface area contributed by atoms with E-state index in [1.807, 2.05) is 16.9 Å². The Balaban J connectivity index is 2.13. The summed E-state index contributed by atoms with van der Waals surface area (Å²) in [6.45, 7) is 6.47. The van der Waals surface area contributed by atoms with E-state index in [1.54, 1.807) is 0 Å². The molecule has 114 valence electrons. The lowest BCUT2D eigenvalue weighted by Crippen LogP contribution is -2.41. The molecule has 2 aromatic rings. The first-order chi connectivity index (χ1) is 10.2. The van der Waals surface area contributed by atoms with Gasteiger partial charge in [-0.3, -0.25) is 16.0 Å². The van der Waals surface area contributed by atoms with Crippen LogP contribution in [-0.2, 0) is 6.42 Å². The van der Waals surface area contributed by atoms with Gasteiger partial charge >= 0.3 is 0 Å². The number of nitrogens with zero attached hydrogens (tertiary/aromatic N) is 2. The Labute approximate surface area is 127 Å². The van der Waals surface area contributed by atoms with Crippen molar-refractivity contribution >= 4 is 0 Å². The van der Waals surface area contributed by atoms with Gasteiger partial charge in [-0.15, -0.1) is 0 Å². The highest BCUT2D eigenvalue weighted by Crippen LogP contribution is 2.25. The fourth-order valence-corrected chi connectivity index (χ4v) is 2.77. The standard InChI is InChI=1S/C17H26N4/c1-4-16(14-8-6-5-7-9-14)17(19-18)12-15-10-11-21(20-15)13(2)3/h5-11,13,16-17,19H,4,12,18H2,1-3H3. The van der Waals surface area contributed by atoms with E-state index in [9.17, 15) is 0 Å². The van der Waals surface area contributed by atoms with Gasteiger partial charge < -0.3 is 0 Å². The first kappa shape index (κ1) is 15.7. The van der Waals surface area contributed by atoms with E-state index in [1.165, 1.54) is 5.56 Å². The average Bonchev–Trinajstić information content (AvgIpc) is 2.97. The number of nitrogens with two attached hydrogens (primary N) is 1. The molecular formula is C17H26N4. The van der Waals surface area contributed by atoms with Crippen LogP contribution in [0.5, 0.6) is 0 Å². The Hall–Kier alpha value is -1.65. The Morgan fingerprint density at radius 1 is 1.19 bits per heavy atom. The molecule has 3 N–H and O–H groups in total. The first-order valence-corrected chi connectivity index (χ1v) is 7.70. The molecule has 0 aliphatic carbocycles. The summed E-state index contributed by atoms with van der Waals surface area (Å²) in [4.78, 5) is 0. The van der Waals surface area contributed by atoms with Crippen molar-refractivity contribution in [2.75, 3.05) is 0 Å². The second-order valence-electron chi connectivity index (χ2n) is 5.78. The zero-order chi connectivity index (χ0) is 15.2. The van der Waals surface area contributed by atoms with E-state index in [4.69, 9.17) is 5.84 Å². The van der Waals surface area contributed by atoms with E-state index in [2.05, 4.69) is 61.6 Å². The predicted octanol–water partition coefficient (Wildman–Crippen LogP) is 3.03. The van der Waals surface area contributed by atoms with Crippen LogP contribution in [0, 0.1) is 0 Å². The molecule has 2 unspecified atom stereocenters. The molecule has 2 atom stereocenters. The normalized spacial score (nSPS) is 14.3. The summed E-state index contributed by atoms with van der Waals surface area (Å²) in [6, 6.07) is 13.2. The van der Waals surface area contributed by atoms with E-state index < -0.39 is 0 Å². The molecule has 0 bridgehead atoms. The van der Waals surface area contributed by atoms with Gasteiger partial charge in [0.1, 0.15) is 0 Å². The lowest BCUT2D eigenvalue weighted by Gasteiger charge is -2.25. The number of hydrazine groups is 1. The fourth-order valence-electron chi connectivity index (χ4n) is 2.77. The van der Waals surface area contributed by atoms with Gasteiger partial charge in [-0.25, -0.2) is 0 Å². The number of benzene rings is 1. The molecule has 0 amide bonds. The molecule has 0 aliphatic rings. The third-order valence-electron chi connectivity index (χ3n) is 3.99. The van der Waals surface area contributed by atoms with E-state index in [0.717, 1.165) is 18.5 Å². The van der Waals surface area contributed by atoms with Gasteiger partial charge in [0.25, 0.3) is 0 Å². The van der Waals surface area contributed by atoms with Crippen LogP contribution in [-0.4, -0.2) is 15.8 Å². The molecule has 4 nitrogen and oxygen atoms in total. The van der Waals surface area contributed by atoms with Crippen molar-refractivity contribution in [3.63, 3.8) is 0 Å². The maximum Gasteiger partial charge on any atom is 0.0641 e. The van der Waals surface area contributed by atoms with Gasteiger partial charge in [0.15, 0.2) is 0 Å². The minimum atomic E-state index is 0.188. The SMILES string of the molecule is CCC(c1ccccc1)C(Cc1ccn(C(C)C)n1)NN. The van der Waals surface area contributed by atoms with Crippen LogP contribution < -0.4 is 11.3 Å². The largest absolute Gasteiger partial charge is 0.271 e.